The van der Waals surface area contributed by atoms with E-state index in [9.17, 15) is 4.79 Å². The van der Waals surface area contributed by atoms with E-state index in [-0.39, 0.29) is 11.0 Å². The maximum absolute atomic E-state index is 11.8. The summed E-state index contributed by atoms with van der Waals surface area (Å²) in [4.78, 5) is 19.3. The smallest absolute Gasteiger partial charge is 0.264 e. The zero-order valence-corrected chi connectivity index (χ0v) is 12.1. The molecule has 2 rings (SSSR count). The summed E-state index contributed by atoms with van der Waals surface area (Å²) in [5.74, 6) is 1.37. The predicted molar refractivity (Wildman–Crippen MR) is 72.7 cm³/mol. The topological polar surface area (TPSA) is 45.8 Å². The highest BCUT2D eigenvalue weighted by atomic mass is 127. The van der Waals surface area contributed by atoms with E-state index in [1.165, 1.54) is 12.8 Å². The molecule has 1 aromatic rings. The molecular weight excluding hydrogens is 315 g/mol. The molecule has 0 aliphatic heterocycles. The molecule has 1 aliphatic carbocycles. The van der Waals surface area contributed by atoms with Crippen LogP contribution >= 0.6 is 22.6 Å². The van der Waals surface area contributed by atoms with Crippen molar-refractivity contribution in [3.05, 3.63) is 25.4 Å². The largest absolute Gasteiger partial charge is 0.310 e. The first-order chi connectivity index (χ1) is 7.37. The Labute approximate surface area is 109 Å². The lowest BCUT2D eigenvalue weighted by Crippen LogP contribution is -2.21. The first kappa shape index (κ1) is 12.1. The van der Waals surface area contributed by atoms with Crippen molar-refractivity contribution < 1.29 is 0 Å². The van der Waals surface area contributed by atoms with Crippen molar-refractivity contribution in [3.8, 4) is 0 Å². The second-order valence-electron chi connectivity index (χ2n) is 5.72. The summed E-state index contributed by atoms with van der Waals surface area (Å²) in [6, 6.07) is 0. The normalized spacial score (nSPS) is 16.5. The Hall–Kier alpha value is -0.390. The molecule has 1 N–H and O–H groups in total. The summed E-state index contributed by atoms with van der Waals surface area (Å²) in [6.45, 7) is 6.46. The molecule has 1 aromatic heterocycles. The molecular formula is C12H17IN2O. The minimum atomic E-state index is 0.0248. The average molecular weight is 332 g/mol. The molecule has 0 radical (unpaired) electrons. The van der Waals surface area contributed by atoms with Gasteiger partial charge in [-0.2, -0.15) is 0 Å². The highest BCUT2D eigenvalue weighted by Crippen LogP contribution is 2.40. The number of nitrogens with one attached hydrogen (secondary N) is 1. The third-order valence-corrected chi connectivity index (χ3v) is 3.64. The standard InChI is InChI=1S/C12H17IN2O/c1-12(2,3)6-8-14-10(7-4-5-7)9(13)11(16)15-8/h7H,4-6H2,1-3H3,(H,14,15,16). The van der Waals surface area contributed by atoms with Gasteiger partial charge in [-0.25, -0.2) is 4.98 Å². The summed E-state index contributed by atoms with van der Waals surface area (Å²) in [5, 5.41) is 0. The molecule has 3 nitrogen and oxygen atoms in total. The van der Waals surface area contributed by atoms with Gasteiger partial charge in [0.1, 0.15) is 5.82 Å². The summed E-state index contributed by atoms with van der Waals surface area (Å²) >= 11 is 2.11. The van der Waals surface area contributed by atoms with E-state index in [2.05, 4.69) is 53.3 Å². The first-order valence-corrected chi connectivity index (χ1v) is 6.73. The summed E-state index contributed by atoms with van der Waals surface area (Å²) in [7, 11) is 0. The molecule has 88 valence electrons. The van der Waals surface area contributed by atoms with E-state index in [0.717, 1.165) is 21.5 Å². The van der Waals surface area contributed by atoms with Gasteiger partial charge in [0, 0.05) is 12.3 Å². The van der Waals surface area contributed by atoms with Gasteiger partial charge in [-0.3, -0.25) is 4.79 Å². The molecule has 0 unspecified atom stereocenters. The van der Waals surface area contributed by atoms with Crippen LogP contribution in [0.15, 0.2) is 4.79 Å². The predicted octanol–water partition coefficient (Wildman–Crippen LogP) is 2.84. The third kappa shape index (κ3) is 2.84. The van der Waals surface area contributed by atoms with Gasteiger partial charge >= 0.3 is 0 Å². The molecule has 0 saturated heterocycles. The number of aromatic amines is 1. The molecule has 0 atom stereocenters. The van der Waals surface area contributed by atoms with Crippen molar-refractivity contribution in [2.75, 3.05) is 0 Å². The Morgan fingerprint density at radius 2 is 2.06 bits per heavy atom. The molecule has 0 bridgehead atoms. The Morgan fingerprint density at radius 3 is 2.56 bits per heavy atom. The third-order valence-electron chi connectivity index (χ3n) is 2.60. The number of halogens is 1. The maximum Gasteiger partial charge on any atom is 0.264 e. The van der Waals surface area contributed by atoms with E-state index in [1.807, 2.05) is 0 Å². The number of hydrogen-bond donors (Lipinski definition) is 1. The van der Waals surface area contributed by atoms with Crippen LogP contribution in [0.5, 0.6) is 0 Å². The molecule has 0 spiro atoms. The minimum absolute atomic E-state index is 0.0248. The molecule has 4 heteroatoms. The van der Waals surface area contributed by atoms with Crippen molar-refractivity contribution in [2.24, 2.45) is 5.41 Å². The molecule has 1 heterocycles. The summed E-state index contributed by atoms with van der Waals surface area (Å²) in [6.07, 6.45) is 3.18. The van der Waals surface area contributed by atoms with Gasteiger partial charge in [0.25, 0.3) is 5.56 Å². The van der Waals surface area contributed by atoms with E-state index < -0.39 is 0 Å². The van der Waals surface area contributed by atoms with Crippen LogP contribution in [-0.2, 0) is 6.42 Å². The highest BCUT2D eigenvalue weighted by Gasteiger charge is 2.29. The van der Waals surface area contributed by atoms with Crippen molar-refractivity contribution in [3.63, 3.8) is 0 Å². The van der Waals surface area contributed by atoms with Crippen molar-refractivity contribution in [2.45, 2.75) is 46.0 Å². The number of nitrogens with zero attached hydrogens (tertiary/aromatic N) is 1. The van der Waals surface area contributed by atoms with E-state index in [1.54, 1.807) is 0 Å². The lowest BCUT2D eigenvalue weighted by Gasteiger charge is -2.17. The number of aromatic nitrogens is 2. The van der Waals surface area contributed by atoms with Crippen molar-refractivity contribution >= 4 is 22.6 Å². The van der Waals surface area contributed by atoms with Gasteiger partial charge < -0.3 is 4.98 Å². The molecule has 1 fully saturated rings. The SMILES string of the molecule is CC(C)(C)Cc1nc(C2CC2)c(I)c(=O)[nH]1. The van der Waals surface area contributed by atoms with Crippen molar-refractivity contribution in [1.29, 1.82) is 0 Å². The lowest BCUT2D eigenvalue weighted by atomic mass is 9.92. The van der Waals surface area contributed by atoms with Crippen LogP contribution in [0.25, 0.3) is 0 Å². The summed E-state index contributed by atoms with van der Waals surface area (Å²) in [5.41, 5.74) is 1.20. The van der Waals surface area contributed by atoms with Gasteiger partial charge in [-0.05, 0) is 40.8 Å². The van der Waals surface area contributed by atoms with Crippen LogP contribution < -0.4 is 5.56 Å². The molecule has 0 amide bonds. The Bertz CT molecular complexity index is 455. The van der Waals surface area contributed by atoms with E-state index in [0.29, 0.717) is 5.92 Å². The highest BCUT2D eigenvalue weighted by molar-refractivity contribution is 14.1. The van der Waals surface area contributed by atoms with Gasteiger partial charge in [0.2, 0.25) is 0 Å². The van der Waals surface area contributed by atoms with Crippen LogP contribution in [0.3, 0.4) is 0 Å². The fourth-order valence-electron chi connectivity index (χ4n) is 1.74. The molecule has 1 aliphatic rings. The Balaban J connectivity index is 2.37. The molecule has 16 heavy (non-hydrogen) atoms. The van der Waals surface area contributed by atoms with Crippen molar-refractivity contribution in [1.82, 2.24) is 9.97 Å². The second-order valence-corrected chi connectivity index (χ2v) is 6.80. The number of H-pyrrole nitrogens is 1. The Morgan fingerprint density at radius 1 is 1.44 bits per heavy atom. The van der Waals surface area contributed by atoms with Crippen LogP contribution in [0, 0.1) is 8.99 Å². The quantitative estimate of drug-likeness (QED) is 0.847. The van der Waals surface area contributed by atoms with Crippen LogP contribution in [0.4, 0.5) is 0 Å². The molecule has 0 aromatic carbocycles. The van der Waals surface area contributed by atoms with Gasteiger partial charge in [-0.15, -0.1) is 0 Å². The van der Waals surface area contributed by atoms with E-state index >= 15 is 0 Å². The Kier molecular flexibility index (Phi) is 3.11. The second kappa shape index (κ2) is 4.13. The average Bonchev–Trinajstić information content (AvgIpc) is 2.91. The zero-order chi connectivity index (χ0) is 11.9. The van der Waals surface area contributed by atoms with Gasteiger partial charge in [0.15, 0.2) is 0 Å². The van der Waals surface area contributed by atoms with Crippen LogP contribution in [0.2, 0.25) is 0 Å². The van der Waals surface area contributed by atoms with E-state index in [4.69, 9.17) is 0 Å². The fourth-order valence-corrected chi connectivity index (χ4v) is 2.43. The van der Waals surface area contributed by atoms with Gasteiger partial charge in [-0.1, -0.05) is 20.8 Å². The zero-order valence-electron chi connectivity index (χ0n) is 9.93. The first-order valence-electron chi connectivity index (χ1n) is 5.65. The lowest BCUT2D eigenvalue weighted by molar-refractivity contribution is 0.399. The number of rotatable bonds is 2. The summed E-state index contributed by atoms with van der Waals surface area (Å²) < 4.78 is 0.776. The van der Waals surface area contributed by atoms with Gasteiger partial charge in [0.05, 0.1) is 9.26 Å². The maximum atomic E-state index is 11.8. The monoisotopic (exact) mass is 332 g/mol. The fraction of sp³-hybridized carbons (Fsp3) is 0.667. The number of hydrogen-bond acceptors (Lipinski definition) is 2. The van der Waals surface area contributed by atoms with Crippen LogP contribution in [0.1, 0.15) is 51.0 Å². The molecule has 1 saturated carbocycles. The minimum Gasteiger partial charge on any atom is -0.310 e. The van der Waals surface area contributed by atoms with Crippen LogP contribution in [-0.4, -0.2) is 9.97 Å².